The van der Waals surface area contributed by atoms with Gasteiger partial charge in [-0.3, -0.25) is 19.3 Å². The Morgan fingerprint density at radius 1 is 1.20 bits per heavy atom. The number of carbonyl (C=O) groups is 3. The largest absolute Gasteiger partial charge is 0.476 e. The van der Waals surface area contributed by atoms with Gasteiger partial charge < -0.3 is 9.64 Å². The Morgan fingerprint density at radius 2 is 1.88 bits per heavy atom. The number of carbonyl (C=O) groups excluding carboxylic acids is 3. The molecule has 0 unspecified atom stereocenters. The van der Waals surface area contributed by atoms with Crippen LogP contribution in [0.25, 0.3) is 0 Å². The van der Waals surface area contributed by atoms with E-state index in [2.05, 4.69) is 0 Å². The van der Waals surface area contributed by atoms with Gasteiger partial charge in [0.15, 0.2) is 11.4 Å². The minimum Gasteiger partial charge on any atom is -0.476 e. The van der Waals surface area contributed by atoms with Gasteiger partial charge in [-0.1, -0.05) is 6.92 Å². The van der Waals surface area contributed by atoms with E-state index in [-0.39, 0.29) is 24.1 Å². The molecule has 6 heteroatoms. The van der Waals surface area contributed by atoms with E-state index in [1.165, 1.54) is 4.90 Å². The fourth-order valence-electron chi connectivity index (χ4n) is 3.30. The number of ether oxygens (including phenoxy) is 1. The maximum absolute atomic E-state index is 12.9. The maximum atomic E-state index is 12.9. The zero-order valence-electron chi connectivity index (χ0n) is 15.0. The molecule has 0 saturated carbocycles. The first-order valence-corrected chi connectivity index (χ1v) is 8.79. The predicted octanol–water partition coefficient (Wildman–Crippen LogP) is 2.41. The number of rotatable bonds is 4. The highest BCUT2D eigenvalue weighted by atomic mass is 16.5. The van der Waals surface area contributed by atoms with Crippen molar-refractivity contribution < 1.29 is 19.1 Å². The fraction of sp³-hybridized carbons (Fsp3) is 0.526. The van der Waals surface area contributed by atoms with E-state index >= 15 is 0 Å². The van der Waals surface area contributed by atoms with Gasteiger partial charge in [-0.05, 0) is 44.9 Å². The summed E-state index contributed by atoms with van der Waals surface area (Å²) < 4.78 is 5.81. The van der Waals surface area contributed by atoms with Crippen molar-refractivity contribution in [2.45, 2.75) is 45.6 Å². The van der Waals surface area contributed by atoms with Gasteiger partial charge in [-0.2, -0.15) is 0 Å². The molecule has 1 saturated heterocycles. The molecule has 0 aliphatic carbocycles. The first-order chi connectivity index (χ1) is 11.8. The van der Waals surface area contributed by atoms with Crippen molar-refractivity contribution in [1.29, 1.82) is 0 Å². The van der Waals surface area contributed by atoms with Crippen molar-refractivity contribution in [2.24, 2.45) is 0 Å². The SMILES string of the molecule is CCC(=O)c1ccc2c(c1)N(CC(=O)N1CCCC1)C(=O)C(C)(C)O2. The van der Waals surface area contributed by atoms with Gasteiger partial charge in [-0.25, -0.2) is 0 Å². The van der Waals surface area contributed by atoms with Crippen LogP contribution in [0, 0.1) is 0 Å². The second-order valence-electron chi connectivity index (χ2n) is 7.05. The molecule has 25 heavy (non-hydrogen) atoms. The first-order valence-electron chi connectivity index (χ1n) is 8.79. The summed E-state index contributed by atoms with van der Waals surface area (Å²) in [5, 5.41) is 0. The van der Waals surface area contributed by atoms with Gasteiger partial charge in [-0.15, -0.1) is 0 Å². The van der Waals surface area contributed by atoms with Gasteiger partial charge in [0.05, 0.1) is 5.69 Å². The monoisotopic (exact) mass is 344 g/mol. The highest BCUT2D eigenvalue weighted by Gasteiger charge is 2.42. The smallest absolute Gasteiger partial charge is 0.271 e. The molecule has 3 rings (SSSR count). The van der Waals surface area contributed by atoms with Crippen molar-refractivity contribution in [2.75, 3.05) is 24.5 Å². The number of benzene rings is 1. The number of ketones is 1. The summed E-state index contributed by atoms with van der Waals surface area (Å²) in [4.78, 5) is 40.7. The van der Waals surface area contributed by atoms with E-state index < -0.39 is 5.60 Å². The van der Waals surface area contributed by atoms with Crippen molar-refractivity contribution >= 4 is 23.3 Å². The Bertz CT molecular complexity index is 720. The number of hydrogen-bond acceptors (Lipinski definition) is 4. The van der Waals surface area contributed by atoms with Gasteiger partial charge in [0.25, 0.3) is 5.91 Å². The Hall–Kier alpha value is -2.37. The van der Waals surface area contributed by atoms with E-state index in [4.69, 9.17) is 4.74 Å². The molecule has 2 aliphatic heterocycles. The highest BCUT2D eigenvalue weighted by Crippen LogP contribution is 2.38. The summed E-state index contributed by atoms with van der Waals surface area (Å²) in [5.41, 5.74) is -0.0265. The molecule has 2 amide bonds. The lowest BCUT2D eigenvalue weighted by Gasteiger charge is -2.39. The lowest BCUT2D eigenvalue weighted by atomic mass is 10.0. The molecule has 2 aliphatic rings. The summed E-state index contributed by atoms with van der Waals surface area (Å²) in [6, 6.07) is 5.07. The number of nitrogens with zero attached hydrogens (tertiary/aromatic N) is 2. The Morgan fingerprint density at radius 3 is 2.52 bits per heavy atom. The van der Waals surface area contributed by atoms with Gasteiger partial charge in [0.1, 0.15) is 12.3 Å². The number of hydrogen-bond donors (Lipinski definition) is 0. The third-order valence-corrected chi connectivity index (χ3v) is 4.77. The molecule has 0 aromatic heterocycles. The molecule has 134 valence electrons. The van der Waals surface area contributed by atoms with Crippen molar-refractivity contribution in [1.82, 2.24) is 4.90 Å². The summed E-state index contributed by atoms with van der Waals surface area (Å²) in [7, 11) is 0. The van der Waals surface area contributed by atoms with Crippen LogP contribution in [0.4, 0.5) is 5.69 Å². The number of amides is 2. The van der Waals surface area contributed by atoms with Gasteiger partial charge in [0, 0.05) is 25.1 Å². The fourth-order valence-corrected chi connectivity index (χ4v) is 3.30. The number of likely N-dealkylation sites (tertiary alicyclic amines) is 1. The highest BCUT2D eigenvalue weighted by molar-refractivity contribution is 6.07. The van der Waals surface area contributed by atoms with Crippen molar-refractivity contribution in [3.8, 4) is 5.75 Å². The summed E-state index contributed by atoms with van der Waals surface area (Å²) in [5.74, 6) is 0.174. The van der Waals surface area contributed by atoms with Gasteiger partial charge in [0.2, 0.25) is 5.91 Å². The van der Waals surface area contributed by atoms with E-state index in [0.717, 1.165) is 25.9 Å². The second kappa shape index (κ2) is 6.50. The molecule has 0 N–H and O–H groups in total. The minimum absolute atomic E-state index is 0.00842. The maximum Gasteiger partial charge on any atom is 0.271 e. The molecule has 1 aromatic rings. The van der Waals surface area contributed by atoms with Crippen LogP contribution in [-0.2, 0) is 9.59 Å². The Labute approximate surface area is 147 Å². The second-order valence-corrected chi connectivity index (χ2v) is 7.05. The average Bonchev–Trinajstić information content (AvgIpc) is 3.12. The summed E-state index contributed by atoms with van der Waals surface area (Å²) >= 11 is 0. The molecule has 0 radical (unpaired) electrons. The van der Waals surface area contributed by atoms with Crippen LogP contribution in [0.3, 0.4) is 0 Å². The molecule has 2 heterocycles. The predicted molar refractivity (Wildman–Crippen MR) is 93.9 cm³/mol. The van der Waals surface area contributed by atoms with E-state index in [1.807, 2.05) is 0 Å². The summed E-state index contributed by atoms with van der Waals surface area (Å²) in [6.07, 6.45) is 2.38. The molecular formula is C19H24N2O4. The minimum atomic E-state index is -1.05. The van der Waals surface area contributed by atoms with E-state index in [0.29, 0.717) is 23.4 Å². The zero-order chi connectivity index (χ0) is 18.2. The molecule has 0 bridgehead atoms. The molecule has 0 spiro atoms. The standard InChI is InChI=1S/C19H24N2O4/c1-4-15(22)13-7-8-16-14(11-13)21(18(24)19(2,3)25-16)12-17(23)20-9-5-6-10-20/h7-8,11H,4-6,9-10,12H2,1-3H3. The Kier molecular flexibility index (Phi) is 4.54. The van der Waals surface area contributed by atoms with Crippen LogP contribution < -0.4 is 9.64 Å². The quantitative estimate of drug-likeness (QED) is 0.787. The van der Waals surface area contributed by atoms with E-state index in [1.54, 1.807) is 43.9 Å². The van der Waals surface area contributed by atoms with Crippen molar-refractivity contribution in [3.05, 3.63) is 23.8 Å². The van der Waals surface area contributed by atoms with Crippen LogP contribution in [0.2, 0.25) is 0 Å². The van der Waals surface area contributed by atoms with Crippen LogP contribution in [0.1, 0.15) is 50.4 Å². The molecule has 0 atom stereocenters. The lowest BCUT2D eigenvalue weighted by Crippen LogP contribution is -2.55. The van der Waals surface area contributed by atoms with Crippen molar-refractivity contribution in [3.63, 3.8) is 0 Å². The topological polar surface area (TPSA) is 66.9 Å². The number of anilines is 1. The number of Topliss-reactive ketones (excluding diaryl/α,β-unsaturated/α-hetero) is 1. The Balaban J connectivity index is 1.96. The van der Waals surface area contributed by atoms with E-state index in [9.17, 15) is 14.4 Å². The van der Waals surface area contributed by atoms with Crippen LogP contribution in [-0.4, -0.2) is 47.7 Å². The number of fused-ring (bicyclic) bond motifs is 1. The average molecular weight is 344 g/mol. The molecule has 6 nitrogen and oxygen atoms in total. The third-order valence-electron chi connectivity index (χ3n) is 4.77. The van der Waals surface area contributed by atoms with Crippen LogP contribution in [0.5, 0.6) is 5.75 Å². The van der Waals surface area contributed by atoms with Crippen LogP contribution >= 0.6 is 0 Å². The molecule has 1 aromatic carbocycles. The third kappa shape index (κ3) is 3.25. The van der Waals surface area contributed by atoms with Crippen LogP contribution in [0.15, 0.2) is 18.2 Å². The van der Waals surface area contributed by atoms with Gasteiger partial charge >= 0.3 is 0 Å². The summed E-state index contributed by atoms with van der Waals surface area (Å²) in [6.45, 7) is 6.63. The molecule has 1 fully saturated rings. The molecular weight excluding hydrogens is 320 g/mol. The zero-order valence-corrected chi connectivity index (χ0v) is 15.0. The normalized spacial score (nSPS) is 18.8. The lowest BCUT2D eigenvalue weighted by molar-refractivity contribution is -0.136. The first kappa shape index (κ1) is 17.5.